The Kier molecular flexibility index (Phi) is 2.86. The molecule has 0 saturated carbocycles. The molecule has 0 amide bonds. The lowest BCUT2D eigenvalue weighted by Gasteiger charge is -2.03. The highest BCUT2D eigenvalue weighted by Crippen LogP contribution is 2.24. The van der Waals surface area contributed by atoms with E-state index in [-0.39, 0.29) is 0 Å². The average Bonchev–Trinajstić information content (AvgIpc) is 2.68. The second kappa shape index (κ2) is 4.31. The van der Waals surface area contributed by atoms with Gasteiger partial charge in [0.05, 0.1) is 7.11 Å². The highest BCUT2D eigenvalue weighted by atomic mass is 16.5. The smallest absolute Gasteiger partial charge is 0.119 e. The molecule has 0 spiro atoms. The van der Waals surface area contributed by atoms with E-state index < -0.39 is 0 Å². The van der Waals surface area contributed by atoms with Crippen LogP contribution in [0.15, 0.2) is 30.6 Å². The van der Waals surface area contributed by atoms with E-state index in [0.717, 1.165) is 11.3 Å². The number of hydrogen-bond donors (Lipinski definition) is 1. The molecule has 1 heterocycles. The summed E-state index contributed by atoms with van der Waals surface area (Å²) in [6.45, 7) is 0. The second-order valence-electron chi connectivity index (χ2n) is 3.93. The highest BCUT2D eigenvalue weighted by molar-refractivity contribution is 5.89. The number of ether oxygens (including phenoxy) is 1. The molecule has 0 radical (unpaired) electrons. The van der Waals surface area contributed by atoms with Gasteiger partial charge in [0.25, 0.3) is 0 Å². The monoisotopic (exact) mass is 216 g/mol. The SMILES string of the molecule is COc1ccc2[nH]cc(/C=C/N(C)C)c2c1. The van der Waals surface area contributed by atoms with Gasteiger partial charge in [-0.2, -0.15) is 0 Å². The van der Waals surface area contributed by atoms with E-state index >= 15 is 0 Å². The number of nitrogens with zero attached hydrogens (tertiary/aromatic N) is 1. The molecule has 2 aromatic rings. The molecule has 84 valence electrons. The molecular formula is C13H16N2O. The second-order valence-corrected chi connectivity index (χ2v) is 3.93. The van der Waals surface area contributed by atoms with Crippen LogP contribution in [-0.2, 0) is 0 Å². The third-order valence-electron chi connectivity index (χ3n) is 2.47. The molecule has 0 saturated heterocycles. The molecule has 3 heteroatoms. The zero-order valence-electron chi connectivity index (χ0n) is 9.82. The topological polar surface area (TPSA) is 28.3 Å². The van der Waals surface area contributed by atoms with Crippen LogP contribution in [-0.4, -0.2) is 31.1 Å². The molecule has 1 aromatic carbocycles. The highest BCUT2D eigenvalue weighted by Gasteiger charge is 2.02. The van der Waals surface area contributed by atoms with Gasteiger partial charge in [0, 0.05) is 36.8 Å². The number of aromatic amines is 1. The number of benzene rings is 1. The quantitative estimate of drug-likeness (QED) is 0.854. The van der Waals surface area contributed by atoms with E-state index in [1.54, 1.807) is 7.11 Å². The fraction of sp³-hybridized carbons (Fsp3) is 0.231. The molecule has 2 rings (SSSR count). The van der Waals surface area contributed by atoms with Gasteiger partial charge in [0.1, 0.15) is 5.75 Å². The average molecular weight is 216 g/mol. The van der Waals surface area contributed by atoms with E-state index in [2.05, 4.69) is 11.1 Å². The number of nitrogens with one attached hydrogen (secondary N) is 1. The van der Waals surface area contributed by atoms with Crippen LogP contribution in [0, 0.1) is 0 Å². The van der Waals surface area contributed by atoms with Gasteiger partial charge < -0.3 is 14.6 Å². The summed E-state index contributed by atoms with van der Waals surface area (Å²) in [6, 6.07) is 6.03. The number of fused-ring (bicyclic) bond motifs is 1. The van der Waals surface area contributed by atoms with Crippen LogP contribution < -0.4 is 4.74 Å². The zero-order chi connectivity index (χ0) is 11.5. The lowest BCUT2D eigenvalue weighted by molar-refractivity contribution is 0.415. The molecule has 0 fully saturated rings. The Labute approximate surface area is 95.3 Å². The van der Waals surface area contributed by atoms with E-state index in [0.29, 0.717) is 0 Å². The summed E-state index contributed by atoms with van der Waals surface area (Å²) < 4.78 is 5.22. The fourth-order valence-electron chi connectivity index (χ4n) is 1.62. The molecule has 0 aliphatic rings. The minimum Gasteiger partial charge on any atom is -0.497 e. The van der Waals surface area contributed by atoms with E-state index in [9.17, 15) is 0 Å². The third-order valence-corrected chi connectivity index (χ3v) is 2.47. The van der Waals surface area contributed by atoms with E-state index in [1.807, 2.05) is 49.6 Å². The molecule has 0 aliphatic carbocycles. The first-order valence-corrected chi connectivity index (χ1v) is 5.20. The normalized spacial score (nSPS) is 11.2. The molecule has 0 atom stereocenters. The predicted octanol–water partition coefficient (Wildman–Crippen LogP) is 2.71. The number of hydrogen-bond acceptors (Lipinski definition) is 2. The first-order chi connectivity index (χ1) is 7.70. The maximum atomic E-state index is 5.22. The van der Waals surface area contributed by atoms with Crippen LogP contribution in [0.1, 0.15) is 5.56 Å². The van der Waals surface area contributed by atoms with Crippen molar-refractivity contribution in [2.24, 2.45) is 0 Å². The Hall–Kier alpha value is -1.90. The van der Waals surface area contributed by atoms with Crippen molar-refractivity contribution < 1.29 is 4.74 Å². The van der Waals surface area contributed by atoms with Crippen LogP contribution in [0.25, 0.3) is 17.0 Å². The van der Waals surface area contributed by atoms with Gasteiger partial charge in [-0.15, -0.1) is 0 Å². The lowest BCUT2D eigenvalue weighted by atomic mass is 10.1. The van der Waals surface area contributed by atoms with Crippen molar-refractivity contribution in [1.82, 2.24) is 9.88 Å². The molecule has 3 nitrogen and oxygen atoms in total. The first-order valence-electron chi connectivity index (χ1n) is 5.20. The van der Waals surface area contributed by atoms with Gasteiger partial charge in [0.2, 0.25) is 0 Å². The van der Waals surface area contributed by atoms with Crippen LogP contribution in [0.3, 0.4) is 0 Å². The van der Waals surface area contributed by atoms with Crippen molar-refractivity contribution in [3.63, 3.8) is 0 Å². The molecule has 1 aromatic heterocycles. The first kappa shape index (κ1) is 10.6. The largest absolute Gasteiger partial charge is 0.497 e. The van der Waals surface area contributed by atoms with Crippen molar-refractivity contribution in [3.05, 3.63) is 36.2 Å². The van der Waals surface area contributed by atoms with Crippen LogP contribution >= 0.6 is 0 Å². The van der Waals surface area contributed by atoms with Crippen molar-refractivity contribution in [1.29, 1.82) is 0 Å². The van der Waals surface area contributed by atoms with Crippen molar-refractivity contribution in [2.45, 2.75) is 0 Å². The number of aromatic nitrogens is 1. The minimum atomic E-state index is 0.881. The maximum absolute atomic E-state index is 5.22. The van der Waals surface area contributed by atoms with E-state index in [1.165, 1.54) is 10.9 Å². The predicted molar refractivity (Wildman–Crippen MR) is 67.6 cm³/mol. The van der Waals surface area contributed by atoms with Gasteiger partial charge in [-0.3, -0.25) is 0 Å². The summed E-state index contributed by atoms with van der Waals surface area (Å²) >= 11 is 0. The van der Waals surface area contributed by atoms with Gasteiger partial charge in [-0.05, 0) is 30.5 Å². The van der Waals surface area contributed by atoms with Crippen molar-refractivity contribution >= 4 is 17.0 Å². The Morgan fingerprint density at radius 3 is 2.81 bits per heavy atom. The summed E-state index contributed by atoms with van der Waals surface area (Å²) in [5.74, 6) is 0.881. The maximum Gasteiger partial charge on any atom is 0.119 e. The van der Waals surface area contributed by atoms with E-state index in [4.69, 9.17) is 4.74 Å². The number of H-pyrrole nitrogens is 1. The van der Waals surface area contributed by atoms with Crippen LogP contribution in [0.2, 0.25) is 0 Å². The Bertz CT molecular complexity index is 512. The minimum absolute atomic E-state index is 0.881. The zero-order valence-corrected chi connectivity index (χ0v) is 9.82. The number of methoxy groups -OCH3 is 1. The van der Waals surface area contributed by atoms with Gasteiger partial charge >= 0.3 is 0 Å². The summed E-state index contributed by atoms with van der Waals surface area (Å²) in [6.07, 6.45) is 6.12. The van der Waals surface area contributed by atoms with Crippen LogP contribution in [0.4, 0.5) is 0 Å². The lowest BCUT2D eigenvalue weighted by Crippen LogP contribution is -1.99. The van der Waals surface area contributed by atoms with Crippen molar-refractivity contribution in [3.8, 4) is 5.75 Å². The van der Waals surface area contributed by atoms with Crippen molar-refractivity contribution in [2.75, 3.05) is 21.2 Å². The van der Waals surface area contributed by atoms with Gasteiger partial charge in [-0.25, -0.2) is 0 Å². The van der Waals surface area contributed by atoms with Gasteiger partial charge in [-0.1, -0.05) is 0 Å². The standard InChI is InChI=1S/C13H16N2O/c1-15(2)7-6-10-9-14-13-5-4-11(16-3)8-12(10)13/h4-9,14H,1-3H3/b7-6+. The Morgan fingerprint density at radius 2 is 2.12 bits per heavy atom. The summed E-state index contributed by atoms with van der Waals surface area (Å²) in [4.78, 5) is 5.25. The molecule has 0 aliphatic heterocycles. The molecule has 0 bridgehead atoms. The Balaban J connectivity index is 2.45. The number of rotatable bonds is 3. The Morgan fingerprint density at radius 1 is 1.31 bits per heavy atom. The summed E-state index contributed by atoms with van der Waals surface area (Å²) in [5, 5.41) is 1.18. The van der Waals surface area contributed by atoms with Gasteiger partial charge in [0.15, 0.2) is 0 Å². The fourth-order valence-corrected chi connectivity index (χ4v) is 1.62. The molecule has 1 N–H and O–H groups in total. The van der Waals surface area contributed by atoms with Crippen LogP contribution in [0.5, 0.6) is 5.75 Å². The summed E-state index contributed by atoms with van der Waals surface area (Å²) in [7, 11) is 5.70. The third kappa shape index (κ3) is 2.03. The molecular weight excluding hydrogens is 200 g/mol. The molecule has 16 heavy (non-hydrogen) atoms. The summed E-state index contributed by atoms with van der Waals surface area (Å²) in [5.41, 5.74) is 2.29. The molecule has 0 unspecified atom stereocenters.